The predicted octanol–water partition coefficient (Wildman–Crippen LogP) is 3.65. The zero-order valence-electron chi connectivity index (χ0n) is 14.6. The Morgan fingerprint density at radius 1 is 1.12 bits per heavy atom. The summed E-state index contributed by atoms with van der Waals surface area (Å²) >= 11 is 0. The highest BCUT2D eigenvalue weighted by atomic mass is 16.5. The molecule has 1 unspecified atom stereocenters. The van der Waals surface area contributed by atoms with Gasteiger partial charge in [0.1, 0.15) is 12.5 Å². The Morgan fingerprint density at radius 3 is 2.81 bits per heavy atom. The van der Waals surface area contributed by atoms with Crippen molar-refractivity contribution >= 4 is 22.9 Å². The number of hydrogen-bond donors (Lipinski definition) is 2. The smallest absolute Gasteiger partial charge is 0.316 e. The Labute approximate surface area is 152 Å². The van der Waals surface area contributed by atoms with Gasteiger partial charge >= 0.3 is 5.97 Å². The Bertz CT molecular complexity index is 928. The van der Waals surface area contributed by atoms with Crippen LogP contribution in [0.5, 0.6) is 0 Å². The Kier molecular flexibility index (Phi) is 4.84. The van der Waals surface area contributed by atoms with Crippen molar-refractivity contribution in [3.8, 4) is 0 Å². The third-order valence-corrected chi connectivity index (χ3v) is 4.81. The van der Waals surface area contributed by atoms with Gasteiger partial charge in [0.05, 0.1) is 0 Å². The average molecular weight is 346 g/mol. The molecule has 1 atom stereocenters. The first kappa shape index (κ1) is 16.6. The van der Waals surface area contributed by atoms with E-state index >= 15 is 0 Å². The number of hydrogen-bond acceptors (Lipinski definition) is 3. The number of fused-ring (bicyclic) bond motifs is 3. The molecule has 0 spiro atoms. The van der Waals surface area contributed by atoms with Gasteiger partial charge in [-0.05, 0) is 36.2 Å². The van der Waals surface area contributed by atoms with Gasteiger partial charge < -0.3 is 15.0 Å². The van der Waals surface area contributed by atoms with Crippen molar-refractivity contribution in [2.24, 2.45) is 0 Å². The van der Waals surface area contributed by atoms with Crippen molar-refractivity contribution in [2.45, 2.75) is 12.3 Å². The third kappa shape index (κ3) is 3.41. The van der Waals surface area contributed by atoms with E-state index < -0.39 is 0 Å². The van der Waals surface area contributed by atoms with E-state index in [1.54, 1.807) is 0 Å². The van der Waals surface area contributed by atoms with E-state index in [1.807, 2.05) is 54.6 Å². The van der Waals surface area contributed by atoms with Crippen molar-refractivity contribution in [1.82, 2.24) is 10.3 Å². The quantitative estimate of drug-likeness (QED) is 0.709. The summed E-state index contributed by atoms with van der Waals surface area (Å²) in [7, 11) is 0. The van der Waals surface area contributed by atoms with Gasteiger partial charge in [-0.2, -0.15) is 0 Å². The summed E-state index contributed by atoms with van der Waals surface area (Å²) < 4.78 is 5.53. The Hall–Kier alpha value is -2.85. The van der Waals surface area contributed by atoms with E-state index in [9.17, 15) is 4.79 Å². The molecule has 0 aliphatic carbocycles. The van der Waals surface area contributed by atoms with Crippen LogP contribution in [0.1, 0.15) is 22.7 Å². The largest absolute Gasteiger partial charge is 0.461 e. The van der Waals surface area contributed by atoms with Crippen LogP contribution < -0.4 is 5.32 Å². The third-order valence-electron chi connectivity index (χ3n) is 4.81. The fourth-order valence-corrected chi connectivity index (χ4v) is 3.53. The van der Waals surface area contributed by atoms with E-state index in [4.69, 9.17) is 4.74 Å². The molecular weight excluding hydrogens is 324 g/mol. The van der Waals surface area contributed by atoms with Crippen LogP contribution in [0, 0.1) is 0 Å². The molecule has 4 rings (SSSR count). The number of benzene rings is 2. The van der Waals surface area contributed by atoms with Crippen LogP contribution in [0.3, 0.4) is 0 Å². The van der Waals surface area contributed by atoms with Gasteiger partial charge in [0.2, 0.25) is 0 Å². The molecule has 26 heavy (non-hydrogen) atoms. The lowest BCUT2D eigenvalue weighted by molar-refractivity contribution is -0.144. The molecule has 2 aromatic carbocycles. The van der Waals surface area contributed by atoms with Gasteiger partial charge in [0.25, 0.3) is 0 Å². The van der Waals surface area contributed by atoms with Crippen molar-refractivity contribution < 1.29 is 9.53 Å². The van der Waals surface area contributed by atoms with Crippen molar-refractivity contribution in [1.29, 1.82) is 0 Å². The first-order valence-corrected chi connectivity index (χ1v) is 9.01. The summed E-state index contributed by atoms with van der Waals surface area (Å²) in [6.07, 6.45) is 4.76. The minimum atomic E-state index is -0.301. The highest BCUT2D eigenvalue weighted by molar-refractivity contribution is 5.88. The first-order valence-electron chi connectivity index (χ1n) is 9.01. The average Bonchev–Trinajstić information content (AvgIpc) is 2.91. The fraction of sp³-hybridized carbons (Fsp3) is 0.227. The normalized spacial score (nSPS) is 17.2. The van der Waals surface area contributed by atoms with E-state index in [-0.39, 0.29) is 18.5 Å². The number of ether oxygens (including phenoxy) is 1. The number of rotatable bonds is 4. The molecule has 4 heteroatoms. The lowest BCUT2D eigenvalue weighted by Gasteiger charge is -2.13. The van der Waals surface area contributed by atoms with Gasteiger partial charge in [0, 0.05) is 23.1 Å². The summed E-state index contributed by atoms with van der Waals surface area (Å²) in [6, 6.07) is 18.2. The summed E-state index contributed by atoms with van der Waals surface area (Å²) in [4.78, 5) is 16.1. The second-order valence-electron chi connectivity index (χ2n) is 6.51. The summed E-state index contributed by atoms with van der Waals surface area (Å²) in [5.41, 5.74) is 4.40. The zero-order chi connectivity index (χ0) is 17.8. The summed E-state index contributed by atoms with van der Waals surface area (Å²) in [5.74, 6) is -0.491. The number of carbonyl (C=O) groups is 1. The van der Waals surface area contributed by atoms with E-state index in [0.29, 0.717) is 6.54 Å². The molecule has 2 N–H and O–H groups in total. The van der Waals surface area contributed by atoms with Gasteiger partial charge in [-0.3, -0.25) is 4.79 Å². The van der Waals surface area contributed by atoms with Crippen LogP contribution in [0.25, 0.3) is 17.0 Å². The lowest BCUT2D eigenvalue weighted by Crippen LogP contribution is -2.27. The number of aromatic nitrogens is 1. The lowest BCUT2D eigenvalue weighted by atomic mass is 10.00. The van der Waals surface area contributed by atoms with Crippen LogP contribution >= 0.6 is 0 Å². The second-order valence-corrected chi connectivity index (χ2v) is 6.51. The molecule has 3 aromatic rings. The minimum Gasteiger partial charge on any atom is -0.461 e. The molecule has 4 nitrogen and oxygen atoms in total. The minimum absolute atomic E-state index is 0.190. The molecule has 0 saturated heterocycles. The Balaban J connectivity index is 1.49. The highest BCUT2D eigenvalue weighted by Crippen LogP contribution is 2.30. The topological polar surface area (TPSA) is 54.1 Å². The first-order chi connectivity index (χ1) is 12.8. The molecule has 1 aliphatic heterocycles. The Morgan fingerprint density at radius 2 is 1.92 bits per heavy atom. The molecule has 0 saturated carbocycles. The molecule has 0 bridgehead atoms. The molecule has 0 fully saturated rings. The van der Waals surface area contributed by atoms with Crippen molar-refractivity contribution in [2.75, 3.05) is 19.7 Å². The molecule has 1 aliphatic rings. The van der Waals surface area contributed by atoms with Crippen molar-refractivity contribution in [3.05, 3.63) is 77.5 Å². The van der Waals surface area contributed by atoms with Gasteiger partial charge in [-0.25, -0.2) is 0 Å². The van der Waals surface area contributed by atoms with E-state index in [2.05, 4.69) is 22.4 Å². The maximum absolute atomic E-state index is 12.7. The zero-order valence-corrected chi connectivity index (χ0v) is 14.6. The van der Waals surface area contributed by atoms with Gasteiger partial charge in [0.15, 0.2) is 0 Å². The fourth-order valence-electron chi connectivity index (χ4n) is 3.53. The van der Waals surface area contributed by atoms with Crippen LogP contribution in [0.2, 0.25) is 0 Å². The number of carbonyl (C=O) groups excluding carboxylic acids is 1. The molecule has 132 valence electrons. The summed E-state index contributed by atoms with van der Waals surface area (Å²) in [5, 5.41) is 4.56. The maximum Gasteiger partial charge on any atom is 0.316 e. The van der Waals surface area contributed by atoms with E-state index in [1.165, 1.54) is 10.9 Å². The van der Waals surface area contributed by atoms with Gasteiger partial charge in [-0.15, -0.1) is 0 Å². The SMILES string of the molecule is O=C(OCC=Cc1ccccc1)C1CNCCc2c1[nH]c1ccccc21. The van der Waals surface area contributed by atoms with Crippen LogP contribution in [-0.4, -0.2) is 30.6 Å². The number of aromatic amines is 1. The molecule has 2 heterocycles. The maximum atomic E-state index is 12.7. The summed E-state index contributed by atoms with van der Waals surface area (Å²) in [6.45, 7) is 1.74. The number of para-hydroxylation sites is 1. The number of esters is 1. The predicted molar refractivity (Wildman–Crippen MR) is 104 cm³/mol. The molecular formula is C22H22N2O2. The molecule has 0 amide bonds. The number of H-pyrrole nitrogens is 1. The molecule has 0 radical (unpaired) electrons. The molecule has 1 aromatic heterocycles. The standard InChI is InChI=1S/C22H22N2O2/c25-22(26-14-6-9-16-7-2-1-3-8-16)19-15-23-13-12-18-17-10-4-5-11-20(17)24-21(18)19/h1-11,19,23-24H,12-15H2. The number of nitrogens with one attached hydrogen (secondary N) is 2. The van der Waals surface area contributed by atoms with Crippen molar-refractivity contribution in [3.63, 3.8) is 0 Å². The monoisotopic (exact) mass is 346 g/mol. The van der Waals surface area contributed by atoms with Crippen LogP contribution in [-0.2, 0) is 16.0 Å². The van der Waals surface area contributed by atoms with E-state index in [0.717, 1.165) is 29.7 Å². The van der Waals surface area contributed by atoms with Gasteiger partial charge in [-0.1, -0.05) is 54.6 Å². The van der Waals surface area contributed by atoms with Crippen LogP contribution in [0.4, 0.5) is 0 Å². The second kappa shape index (κ2) is 7.58. The van der Waals surface area contributed by atoms with Crippen LogP contribution in [0.15, 0.2) is 60.7 Å². The highest BCUT2D eigenvalue weighted by Gasteiger charge is 2.29.